The van der Waals surface area contributed by atoms with Crippen LogP contribution in [0.3, 0.4) is 0 Å². The van der Waals surface area contributed by atoms with Crippen LogP contribution >= 0.6 is 11.8 Å². The highest BCUT2D eigenvalue weighted by Crippen LogP contribution is 2.32. The monoisotopic (exact) mass is 293 g/mol. The molecule has 1 aromatic carbocycles. The molecule has 1 fully saturated rings. The number of thioether (sulfide) groups is 1. The summed E-state index contributed by atoms with van der Waals surface area (Å²) in [6.45, 7) is 0. The number of methoxy groups -OCH3 is 2. The second-order valence-corrected chi connectivity index (χ2v) is 5.15. The maximum Gasteiger partial charge on any atom is 0.217 e. The first-order chi connectivity index (χ1) is 9.69. The van der Waals surface area contributed by atoms with E-state index in [0.29, 0.717) is 23.7 Å². The Morgan fingerprint density at radius 2 is 2.20 bits per heavy atom. The van der Waals surface area contributed by atoms with Crippen molar-refractivity contribution in [2.45, 2.75) is 6.04 Å². The molecule has 106 valence electrons. The lowest BCUT2D eigenvalue weighted by atomic mass is 10.1. The summed E-state index contributed by atoms with van der Waals surface area (Å²) in [5.41, 5.74) is 0.807. The second-order valence-electron chi connectivity index (χ2n) is 4.10. The molecule has 6 heteroatoms. The fraction of sp³-hybridized carbons (Fsp3) is 0.286. The summed E-state index contributed by atoms with van der Waals surface area (Å²) in [7, 11) is 3.17. The van der Waals surface area contributed by atoms with Crippen LogP contribution in [0.5, 0.6) is 11.5 Å². The molecule has 1 heterocycles. The van der Waals surface area contributed by atoms with Gasteiger partial charge in [-0.05, 0) is 24.3 Å². The fourth-order valence-electron chi connectivity index (χ4n) is 1.93. The molecule has 1 N–H and O–H groups in total. The quantitative estimate of drug-likeness (QED) is 0.655. The molecule has 0 spiro atoms. The van der Waals surface area contributed by atoms with Gasteiger partial charge in [0.2, 0.25) is 5.78 Å². The van der Waals surface area contributed by atoms with Gasteiger partial charge in [0.1, 0.15) is 17.5 Å². The summed E-state index contributed by atoms with van der Waals surface area (Å²) >= 11 is 1.50. The molecule has 1 unspecified atom stereocenters. The topological polar surface area (TPSA) is 64.6 Å². The van der Waals surface area contributed by atoms with E-state index in [0.717, 1.165) is 10.5 Å². The molecule has 5 nitrogen and oxygen atoms in total. The summed E-state index contributed by atoms with van der Waals surface area (Å²) in [5, 5.41) is 2.99. The molecule has 2 rings (SSSR count). The maximum atomic E-state index is 11.6. The number of Topliss-reactive ketones (excluding diaryl/α,β-unsaturated/α-hetero) is 1. The molecule has 1 saturated heterocycles. The number of carbonyl (C=O) groups excluding carboxylic acids is 2. The SMILES string of the molecule is COc1ccc(OC)c(C=C2SCNC2C(=O)C=O)c1. The molecule has 0 aromatic heterocycles. The number of aldehydes is 1. The van der Waals surface area contributed by atoms with Crippen molar-refractivity contribution in [1.29, 1.82) is 0 Å². The zero-order chi connectivity index (χ0) is 14.5. The van der Waals surface area contributed by atoms with E-state index in [1.807, 2.05) is 12.1 Å². The van der Waals surface area contributed by atoms with Gasteiger partial charge in [-0.3, -0.25) is 14.9 Å². The van der Waals surface area contributed by atoms with Crippen LogP contribution in [-0.4, -0.2) is 38.2 Å². The molecule has 20 heavy (non-hydrogen) atoms. The van der Waals surface area contributed by atoms with Crippen molar-refractivity contribution in [1.82, 2.24) is 5.32 Å². The number of rotatable bonds is 5. The number of nitrogens with one attached hydrogen (secondary N) is 1. The fourth-order valence-corrected chi connectivity index (χ4v) is 2.92. The van der Waals surface area contributed by atoms with E-state index in [9.17, 15) is 9.59 Å². The van der Waals surface area contributed by atoms with Crippen molar-refractivity contribution in [2.75, 3.05) is 20.1 Å². The standard InChI is InChI=1S/C14H15NO4S/c1-18-10-3-4-12(19-2)9(5-10)6-13-14(11(17)7-16)15-8-20-13/h3-7,14-15H,8H2,1-2H3. The maximum absolute atomic E-state index is 11.6. The number of hydrogen-bond acceptors (Lipinski definition) is 6. The van der Waals surface area contributed by atoms with Gasteiger partial charge in [0, 0.05) is 16.3 Å². The van der Waals surface area contributed by atoms with Gasteiger partial charge in [0.15, 0.2) is 6.29 Å². The minimum atomic E-state index is -0.562. The zero-order valence-electron chi connectivity index (χ0n) is 11.2. The van der Waals surface area contributed by atoms with Crippen LogP contribution in [-0.2, 0) is 9.59 Å². The van der Waals surface area contributed by atoms with Gasteiger partial charge in [-0.25, -0.2) is 0 Å². The molecule has 1 aliphatic rings. The molecule has 0 saturated carbocycles. The highest BCUT2D eigenvalue weighted by atomic mass is 32.2. The number of ether oxygens (including phenoxy) is 2. The summed E-state index contributed by atoms with van der Waals surface area (Å²) in [5.74, 6) is 1.51. The van der Waals surface area contributed by atoms with Gasteiger partial charge >= 0.3 is 0 Å². The van der Waals surface area contributed by atoms with Crippen molar-refractivity contribution in [2.24, 2.45) is 0 Å². The third-order valence-electron chi connectivity index (χ3n) is 2.95. The van der Waals surface area contributed by atoms with Crippen LogP contribution in [0, 0.1) is 0 Å². The van der Waals surface area contributed by atoms with E-state index in [-0.39, 0.29) is 0 Å². The Labute approximate surface area is 121 Å². The smallest absolute Gasteiger partial charge is 0.217 e. The summed E-state index contributed by atoms with van der Waals surface area (Å²) in [6.07, 6.45) is 2.19. The summed E-state index contributed by atoms with van der Waals surface area (Å²) < 4.78 is 10.5. The van der Waals surface area contributed by atoms with Gasteiger partial charge in [-0.15, -0.1) is 11.8 Å². The van der Waals surface area contributed by atoms with E-state index in [2.05, 4.69) is 5.32 Å². The van der Waals surface area contributed by atoms with Crippen LogP contribution < -0.4 is 14.8 Å². The first kappa shape index (κ1) is 14.6. The van der Waals surface area contributed by atoms with E-state index >= 15 is 0 Å². The molecule has 1 aliphatic heterocycles. The van der Waals surface area contributed by atoms with Crippen LogP contribution in [0.4, 0.5) is 0 Å². The minimum absolute atomic E-state index is 0.347. The van der Waals surface area contributed by atoms with E-state index < -0.39 is 11.8 Å². The average Bonchev–Trinajstić information content (AvgIpc) is 2.94. The van der Waals surface area contributed by atoms with Crippen molar-refractivity contribution >= 4 is 29.9 Å². The highest BCUT2D eigenvalue weighted by Gasteiger charge is 2.27. The molecule has 0 amide bonds. The van der Waals surface area contributed by atoms with E-state index in [4.69, 9.17) is 9.47 Å². The number of hydrogen-bond donors (Lipinski definition) is 1. The molecule has 1 aromatic rings. The van der Waals surface area contributed by atoms with Crippen LogP contribution in [0.1, 0.15) is 5.56 Å². The third-order valence-corrected chi connectivity index (χ3v) is 3.94. The van der Waals surface area contributed by atoms with Gasteiger partial charge in [-0.2, -0.15) is 0 Å². The lowest BCUT2D eigenvalue weighted by Crippen LogP contribution is -2.32. The number of ketones is 1. The van der Waals surface area contributed by atoms with Crippen molar-refractivity contribution in [3.05, 3.63) is 28.7 Å². The number of carbonyl (C=O) groups is 2. The Bertz CT molecular complexity index is 556. The molecule has 1 atom stereocenters. The molecule has 0 bridgehead atoms. The first-order valence-electron chi connectivity index (χ1n) is 5.98. The molecule has 0 aliphatic carbocycles. The molecular formula is C14H15NO4S. The van der Waals surface area contributed by atoms with Gasteiger partial charge in [-0.1, -0.05) is 0 Å². The third kappa shape index (κ3) is 3.02. The van der Waals surface area contributed by atoms with Gasteiger partial charge in [0.05, 0.1) is 14.2 Å². The predicted molar refractivity (Wildman–Crippen MR) is 78.0 cm³/mol. The summed E-state index contributed by atoms with van der Waals surface area (Å²) in [6, 6.07) is 4.87. The number of benzene rings is 1. The van der Waals surface area contributed by atoms with E-state index in [1.54, 1.807) is 26.4 Å². The molecular weight excluding hydrogens is 278 g/mol. The second kappa shape index (κ2) is 6.58. The lowest BCUT2D eigenvalue weighted by Gasteiger charge is -2.10. The van der Waals surface area contributed by atoms with E-state index in [1.165, 1.54) is 11.8 Å². The van der Waals surface area contributed by atoms with Crippen molar-refractivity contribution in [3.8, 4) is 11.5 Å². The largest absolute Gasteiger partial charge is 0.497 e. The first-order valence-corrected chi connectivity index (χ1v) is 6.97. The minimum Gasteiger partial charge on any atom is -0.497 e. The van der Waals surface area contributed by atoms with Crippen LogP contribution in [0.2, 0.25) is 0 Å². The normalized spacial score (nSPS) is 19.9. The summed E-state index contributed by atoms with van der Waals surface area (Å²) in [4.78, 5) is 23.0. The van der Waals surface area contributed by atoms with Gasteiger partial charge in [0.25, 0.3) is 0 Å². The Balaban J connectivity index is 2.37. The molecule has 0 radical (unpaired) electrons. The zero-order valence-corrected chi connectivity index (χ0v) is 12.0. The Morgan fingerprint density at radius 1 is 1.40 bits per heavy atom. The van der Waals surface area contributed by atoms with Crippen LogP contribution in [0.15, 0.2) is 23.1 Å². The van der Waals surface area contributed by atoms with Crippen molar-refractivity contribution < 1.29 is 19.1 Å². The highest BCUT2D eigenvalue weighted by molar-refractivity contribution is 8.03. The average molecular weight is 293 g/mol. The predicted octanol–water partition coefficient (Wildman–Crippen LogP) is 1.48. The van der Waals surface area contributed by atoms with Crippen LogP contribution in [0.25, 0.3) is 6.08 Å². The Morgan fingerprint density at radius 3 is 2.85 bits per heavy atom. The Hall–Kier alpha value is -1.79. The Kier molecular flexibility index (Phi) is 4.81. The lowest BCUT2D eigenvalue weighted by molar-refractivity contribution is -0.130. The van der Waals surface area contributed by atoms with Gasteiger partial charge < -0.3 is 9.47 Å². The van der Waals surface area contributed by atoms with Crippen molar-refractivity contribution in [3.63, 3.8) is 0 Å².